The van der Waals surface area contributed by atoms with E-state index in [9.17, 15) is 27.9 Å². The number of nitrogens with two attached hydrogens (primary N) is 1. The summed E-state index contributed by atoms with van der Waals surface area (Å²) in [5, 5.41) is 18.6. The van der Waals surface area contributed by atoms with E-state index in [0.717, 1.165) is 5.56 Å². The standard InChI is InChI=1S/C21H31N3O7S/c1-13-7-9-14(10-8-13)32(29,30)11-5-6-15(19(28)31-21(2,3)4)17(25)12-16(18(26)27)24-20(22)23/h7-10,15-16H,5-6,11-12H2,1-4H3,(H,26,27)(H4,22,23,24). The third kappa shape index (κ3) is 9.04. The van der Waals surface area contributed by atoms with Gasteiger partial charge in [-0.05, 0) is 52.7 Å². The van der Waals surface area contributed by atoms with Crippen molar-refractivity contribution in [3.8, 4) is 0 Å². The number of aryl methyl sites for hydroxylation is 1. The maximum atomic E-state index is 12.8. The molecule has 10 nitrogen and oxygen atoms in total. The lowest BCUT2D eigenvalue weighted by Crippen LogP contribution is -2.46. The Kier molecular flexibility index (Phi) is 9.37. The fourth-order valence-electron chi connectivity index (χ4n) is 2.86. The zero-order chi connectivity index (χ0) is 24.7. The molecule has 32 heavy (non-hydrogen) atoms. The van der Waals surface area contributed by atoms with E-state index in [2.05, 4.69) is 5.32 Å². The highest BCUT2D eigenvalue weighted by Crippen LogP contribution is 2.21. The molecule has 1 aromatic carbocycles. The first-order chi connectivity index (χ1) is 14.6. The molecule has 0 aliphatic heterocycles. The minimum absolute atomic E-state index is 0.0102. The normalized spacial score (nSPS) is 13.6. The van der Waals surface area contributed by atoms with E-state index in [0.29, 0.717) is 0 Å². The summed E-state index contributed by atoms with van der Waals surface area (Å²) in [6.45, 7) is 6.68. The molecule has 2 unspecified atom stereocenters. The van der Waals surface area contributed by atoms with Gasteiger partial charge in [-0.1, -0.05) is 17.7 Å². The van der Waals surface area contributed by atoms with E-state index < -0.39 is 57.5 Å². The van der Waals surface area contributed by atoms with Gasteiger partial charge in [0.1, 0.15) is 23.3 Å². The minimum Gasteiger partial charge on any atom is -0.480 e. The highest BCUT2D eigenvalue weighted by atomic mass is 32.2. The van der Waals surface area contributed by atoms with E-state index in [-0.39, 0.29) is 23.5 Å². The van der Waals surface area contributed by atoms with Gasteiger partial charge in [0.15, 0.2) is 15.8 Å². The van der Waals surface area contributed by atoms with Crippen LogP contribution < -0.4 is 11.1 Å². The van der Waals surface area contributed by atoms with Gasteiger partial charge in [-0.3, -0.25) is 15.0 Å². The van der Waals surface area contributed by atoms with Crippen molar-refractivity contribution in [1.82, 2.24) is 5.32 Å². The molecule has 0 aliphatic carbocycles. The maximum absolute atomic E-state index is 12.8. The second-order valence-electron chi connectivity index (χ2n) is 8.48. The first-order valence-corrected chi connectivity index (χ1v) is 11.7. The average Bonchev–Trinajstić information content (AvgIpc) is 2.62. The third-order valence-corrected chi connectivity index (χ3v) is 6.22. The molecule has 5 N–H and O–H groups in total. The highest BCUT2D eigenvalue weighted by Gasteiger charge is 2.34. The van der Waals surface area contributed by atoms with Crippen LogP contribution in [0.15, 0.2) is 29.2 Å². The molecule has 0 heterocycles. The zero-order valence-electron chi connectivity index (χ0n) is 18.7. The largest absolute Gasteiger partial charge is 0.480 e. The van der Waals surface area contributed by atoms with Gasteiger partial charge in [-0.25, -0.2) is 13.2 Å². The van der Waals surface area contributed by atoms with E-state index in [1.54, 1.807) is 32.9 Å². The number of carboxylic acid groups (broad SMARTS) is 1. The summed E-state index contributed by atoms with van der Waals surface area (Å²) in [4.78, 5) is 36.9. The molecule has 0 radical (unpaired) electrons. The molecule has 0 saturated carbocycles. The number of ketones is 1. The summed E-state index contributed by atoms with van der Waals surface area (Å²) in [7, 11) is -3.63. The first kappa shape index (κ1) is 27.1. The Hall–Kier alpha value is -2.95. The number of carboxylic acids is 1. The fraction of sp³-hybridized carbons (Fsp3) is 0.524. The number of ether oxygens (including phenoxy) is 1. The molecule has 2 atom stereocenters. The van der Waals surface area contributed by atoms with Crippen molar-refractivity contribution in [3.63, 3.8) is 0 Å². The lowest BCUT2D eigenvalue weighted by molar-refractivity contribution is -0.163. The second-order valence-corrected chi connectivity index (χ2v) is 10.6. The van der Waals surface area contributed by atoms with Crippen LogP contribution in [0.1, 0.15) is 45.6 Å². The van der Waals surface area contributed by atoms with Crippen molar-refractivity contribution in [2.75, 3.05) is 5.75 Å². The Bertz CT molecular complexity index is 951. The van der Waals surface area contributed by atoms with E-state index >= 15 is 0 Å². The van der Waals surface area contributed by atoms with Crippen LogP contribution in [0.2, 0.25) is 0 Å². The van der Waals surface area contributed by atoms with Gasteiger partial charge in [0.25, 0.3) is 0 Å². The Morgan fingerprint density at radius 1 is 1.19 bits per heavy atom. The summed E-state index contributed by atoms with van der Waals surface area (Å²) >= 11 is 0. The predicted octanol–water partition coefficient (Wildman–Crippen LogP) is 1.40. The van der Waals surface area contributed by atoms with Crippen molar-refractivity contribution in [2.45, 2.75) is 63.5 Å². The van der Waals surface area contributed by atoms with Crippen LogP contribution in [-0.2, 0) is 29.0 Å². The van der Waals surface area contributed by atoms with Crippen molar-refractivity contribution in [3.05, 3.63) is 29.8 Å². The number of nitrogens with one attached hydrogen (secondary N) is 2. The Morgan fingerprint density at radius 2 is 1.75 bits per heavy atom. The molecule has 0 spiro atoms. The van der Waals surface area contributed by atoms with E-state index in [4.69, 9.17) is 15.9 Å². The second kappa shape index (κ2) is 11.1. The van der Waals surface area contributed by atoms with Crippen molar-refractivity contribution >= 4 is 33.5 Å². The Balaban J connectivity index is 2.97. The lowest BCUT2D eigenvalue weighted by atomic mass is 9.93. The van der Waals surface area contributed by atoms with Gasteiger partial charge >= 0.3 is 11.9 Å². The molecular weight excluding hydrogens is 438 g/mol. The smallest absolute Gasteiger partial charge is 0.326 e. The number of benzene rings is 1. The lowest BCUT2D eigenvalue weighted by Gasteiger charge is -2.24. The zero-order valence-corrected chi connectivity index (χ0v) is 19.5. The van der Waals surface area contributed by atoms with Crippen molar-refractivity contribution in [1.29, 1.82) is 5.41 Å². The summed E-state index contributed by atoms with van der Waals surface area (Å²) in [5.41, 5.74) is 5.17. The molecule has 0 bridgehead atoms. The van der Waals surface area contributed by atoms with Crippen molar-refractivity contribution < 1.29 is 32.6 Å². The first-order valence-electron chi connectivity index (χ1n) is 10.0. The van der Waals surface area contributed by atoms with Gasteiger partial charge < -0.3 is 20.9 Å². The number of hydrogen-bond donors (Lipinski definition) is 4. The molecule has 1 aromatic rings. The van der Waals surface area contributed by atoms with Gasteiger partial charge in [-0.15, -0.1) is 0 Å². The van der Waals surface area contributed by atoms with Gasteiger partial charge in [0.2, 0.25) is 0 Å². The SMILES string of the molecule is Cc1ccc(S(=O)(=O)CCCC(C(=O)CC(NC(=N)N)C(=O)O)C(=O)OC(C)(C)C)cc1. The molecular formula is C21H31N3O7S. The predicted molar refractivity (Wildman–Crippen MR) is 118 cm³/mol. The summed E-state index contributed by atoms with van der Waals surface area (Å²) in [6.07, 6.45) is -0.765. The maximum Gasteiger partial charge on any atom is 0.326 e. The number of aliphatic carboxylic acids is 1. The number of carbonyl (C=O) groups is 3. The highest BCUT2D eigenvalue weighted by molar-refractivity contribution is 7.91. The van der Waals surface area contributed by atoms with E-state index in [1.807, 2.05) is 6.92 Å². The summed E-state index contributed by atoms with van der Waals surface area (Å²) < 4.78 is 30.4. The molecule has 0 aliphatic rings. The molecule has 0 aromatic heterocycles. The molecule has 0 amide bonds. The number of guanidine groups is 1. The molecule has 178 valence electrons. The van der Waals surface area contributed by atoms with Crippen LogP contribution in [0.3, 0.4) is 0 Å². The van der Waals surface area contributed by atoms with Crippen LogP contribution in [0.4, 0.5) is 0 Å². The Labute approximate surface area is 187 Å². The van der Waals surface area contributed by atoms with Crippen LogP contribution in [0.25, 0.3) is 0 Å². The van der Waals surface area contributed by atoms with Crippen LogP contribution in [0.5, 0.6) is 0 Å². The van der Waals surface area contributed by atoms with Crippen LogP contribution >= 0.6 is 0 Å². The van der Waals surface area contributed by atoms with Gasteiger partial charge in [-0.2, -0.15) is 0 Å². The quantitative estimate of drug-likeness (QED) is 0.161. The monoisotopic (exact) mass is 469 g/mol. The number of sulfone groups is 1. The number of Topliss-reactive ketones (excluding diaryl/α,β-unsaturated/α-hetero) is 1. The minimum atomic E-state index is -3.63. The average molecular weight is 470 g/mol. The van der Waals surface area contributed by atoms with E-state index in [1.165, 1.54) is 12.1 Å². The number of carbonyl (C=O) groups excluding carboxylic acids is 2. The van der Waals surface area contributed by atoms with Crippen LogP contribution in [-0.4, -0.2) is 54.6 Å². The third-order valence-electron chi connectivity index (χ3n) is 4.40. The van der Waals surface area contributed by atoms with Crippen LogP contribution in [0, 0.1) is 18.3 Å². The number of hydrogen-bond acceptors (Lipinski definition) is 7. The topological polar surface area (TPSA) is 177 Å². The van der Waals surface area contributed by atoms with Gasteiger partial charge in [0, 0.05) is 6.42 Å². The molecule has 0 saturated heterocycles. The number of rotatable bonds is 11. The van der Waals surface area contributed by atoms with Gasteiger partial charge in [0.05, 0.1) is 10.6 Å². The van der Waals surface area contributed by atoms with Crippen molar-refractivity contribution in [2.24, 2.45) is 11.7 Å². The number of esters is 1. The molecule has 11 heteroatoms. The summed E-state index contributed by atoms with van der Waals surface area (Å²) in [6, 6.07) is 4.83. The summed E-state index contributed by atoms with van der Waals surface area (Å²) in [5.74, 6) is -5.30. The Morgan fingerprint density at radius 3 is 2.22 bits per heavy atom. The fourth-order valence-corrected chi connectivity index (χ4v) is 4.19. The molecule has 1 rings (SSSR count). The molecule has 0 fully saturated rings.